The second-order valence-electron chi connectivity index (χ2n) is 7.09. The zero-order valence-electron chi connectivity index (χ0n) is 16.5. The molecule has 0 atom stereocenters. The Morgan fingerprint density at radius 1 is 1.03 bits per heavy atom. The molecule has 1 N–H and O–H groups in total. The van der Waals surface area contributed by atoms with Gasteiger partial charge < -0.3 is 14.3 Å². The minimum absolute atomic E-state index is 0.0478. The molecule has 0 spiro atoms. The molecule has 0 amide bonds. The Bertz CT molecular complexity index is 1300. The number of hydrogen-bond donors (Lipinski definition) is 1. The molecule has 0 aliphatic heterocycles. The number of methoxy groups -OCH3 is 1. The van der Waals surface area contributed by atoms with E-state index in [1.807, 2.05) is 50.2 Å². The Kier molecular flexibility index (Phi) is 4.76. The third kappa shape index (κ3) is 3.33. The fourth-order valence-corrected chi connectivity index (χ4v) is 3.39. The van der Waals surface area contributed by atoms with Gasteiger partial charge in [0, 0.05) is 41.2 Å². The monoisotopic (exact) mass is 387 g/mol. The highest BCUT2D eigenvalue weighted by molar-refractivity contribution is 5.90. The van der Waals surface area contributed by atoms with Gasteiger partial charge in [0.1, 0.15) is 5.65 Å². The van der Waals surface area contributed by atoms with Crippen LogP contribution in [0.5, 0.6) is 5.75 Å². The van der Waals surface area contributed by atoms with E-state index in [9.17, 15) is 9.59 Å². The Balaban J connectivity index is 2.10. The van der Waals surface area contributed by atoms with Gasteiger partial charge in [0.2, 0.25) is 0 Å². The van der Waals surface area contributed by atoms with Crippen molar-refractivity contribution in [2.75, 3.05) is 7.11 Å². The van der Waals surface area contributed by atoms with E-state index in [0.29, 0.717) is 11.0 Å². The van der Waals surface area contributed by atoms with E-state index in [4.69, 9.17) is 9.72 Å². The average Bonchev–Trinajstić information content (AvgIpc) is 2.74. The molecule has 0 saturated heterocycles. The minimum atomic E-state index is -0.195. The standard InChI is InChI=1S/C23H21N3O3/c1-14(2)26-13-16(11-20(29-3)23(26)28)17-12-18-19(27)9-10-24-22(18)25-21(17)15-7-5-4-6-8-15/h4-14H,1-3H3,(H,24,25,27). The number of aromatic amines is 1. The number of hydrogen-bond acceptors (Lipinski definition) is 4. The number of ether oxygens (including phenoxy) is 1. The molecular weight excluding hydrogens is 366 g/mol. The van der Waals surface area contributed by atoms with Gasteiger partial charge in [-0.25, -0.2) is 4.98 Å². The van der Waals surface area contributed by atoms with E-state index in [1.165, 1.54) is 13.2 Å². The van der Waals surface area contributed by atoms with Gasteiger partial charge >= 0.3 is 0 Å². The highest BCUT2D eigenvalue weighted by Crippen LogP contribution is 2.33. The third-order valence-electron chi connectivity index (χ3n) is 4.89. The van der Waals surface area contributed by atoms with Gasteiger partial charge in [0.05, 0.1) is 18.2 Å². The highest BCUT2D eigenvalue weighted by Gasteiger charge is 2.17. The molecule has 0 saturated carbocycles. The molecule has 29 heavy (non-hydrogen) atoms. The molecule has 1 aromatic carbocycles. The number of H-pyrrole nitrogens is 1. The topological polar surface area (TPSA) is 77.0 Å². The maximum absolute atomic E-state index is 12.6. The van der Waals surface area contributed by atoms with Crippen LogP contribution in [0.4, 0.5) is 0 Å². The normalized spacial score (nSPS) is 11.2. The van der Waals surface area contributed by atoms with Crippen molar-refractivity contribution in [2.24, 2.45) is 0 Å². The van der Waals surface area contributed by atoms with Crippen LogP contribution < -0.4 is 15.7 Å². The van der Waals surface area contributed by atoms with Crippen LogP contribution in [-0.2, 0) is 0 Å². The van der Waals surface area contributed by atoms with Crippen molar-refractivity contribution in [3.05, 3.63) is 81.5 Å². The summed E-state index contributed by atoms with van der Waals surface area (Å²) >= 11 is 0. The summed E-state index contributed by atoms with van der Waals surface area (Å²) in [7, 11) is 1.48. The predicted molar refractivity (Wildman–Crippen MR) is 114 cm³/mol. The summed E-state index contributed by atoms with van der Waals surface area (Å²) in [6.07, 6.45) is 3.38. The molecule has 0 unspecified atom stereocenters. The van der Waals surface area contributed by atoms with Gasteiger partial charge in [-0.2, -0.15) is 0 Å². The zero-order valence-corrected chi connectivity index (χ0v) is 16.5. The summed E-state index contributed by atoms with van der Waals surface area (Å²) in [4.78, 5) is 32.8. The molecule has 4 rings (SSSR count). The number of nitrogens with one attached hydrogen (secondary N) is 1. The number of aromatic nitrogens is 3. The van der Waals surface area contributed by atoms with Gasteiger partial charge in [-0.05, 0) is 26.0 Å². The molecule has 146 valence electrons. The summed E-state index contributed by atoms with van der Waals surface area (Å²) in [5.74, 6) is 0.247. The van der Waals surface area contributed by atoms with Gasteiger partial charge in [-0.3, -0.25) is 9.59 Å². The zero-order chi connectivity index (χ0) is 20.5. The molecule has 0 bridgehead atoms. The SMILES string of the molecule is COc1cc(-c2cc3c(=O)cc[nH]c3nc2-c2ccccc2)cn(C(C)C)c1=O. The fraction of sp³-hybridized carbons (Fsp3) is 0.174. The minimum Gasteiger partial charge on any atom is -0.491 e. The Morgan fingerprint density at radius 3 is 2.48 bits per heavy atom. The first-order valence-corrected chi connectivity index (χ1v) is 9.38. The lowest BCUT2D eigenvalue weighted by Gasteiger charge is -2.16. The van der Waals surface area contributed by atoms with Crippen LogP contribution in [0, 0.1) is 0 Å². The first-order chi connectivity index (χ1) is 14.0. The van der Waals surface area contributed by atoms with Crippen LogP contribution in [-0.4, -0.2) is 21.6 Å². The van der Waals surface area contributed by atoms with Crippen molar-refractivity contribution in [3.8, 4) is 28.1 Å². The molecule has 0 aliphatic carbocycles. The number of pyridine rings is 3. The lowest BCUT2D eigenvalue weighted by molar-refractivity contribution is 0.399. The van der Waals surface area contributed by atoms with E-state index in [2.05, 4.69) is 4.98 Å². The van der Waals surface area contributed by atoms with E-state index >= 15 is 0 Å². The molecule has 3 heterocycles. The molecule has 0 aliphatic rings. The summed E-state index contributed by atoms with van der Waals surface area (Å²) in [5.41, 5.74) is 3.35. The lowest BCUT2D eigenvalue weighted by atomic mass is 9.99. The van der Waals surface area contributed by atoms with Gasteiger partial charge in [-0.1, -0.05) is 30.3 Å². The smallest absolute Gasteiger partial charge is 0.293 e. The Hall–Kier alpha value is -3.67. The summed E-state index contributed by atoms with van der Waals surface area (Å²) in [6.45, 7) is 3.87. The third-order valence-corrected chi connectivity index (χ3v) is 4.89. The van der Waals surface area contributed by atoms with Crippen molar-refractivity contribution < 1.29 is 4.74 Å². The molecule has 0 radical (unpaired) electrons. The second kappa shape index (κ2) is 7.39. The second-order valence-corrected chi connectivity index (χ2v) is 7.09. The maximum atomic E-state index is 12.6. The van der Waals surface area contributed by atoms with Crippen LogP contribution in [0.25, 0.3) is 33.4 Å². The van der Waals surface area contributed by atoms with Crippen molar-refractivity contribution in [2.45, 2.75) is 19.9 Å². The molecule has 0 fully saturated rings. The Labute approximate surface area is 167 Å². The van der Waals surface area contributed by atoms with Crippen molar-refractivity contribution in [1.82, 2.24) is 14.5 Å². The quantitative estimate of drug-likeness (QED) is 0.574. The van der Waals surface area contributed by atoms with Crippen molar-refractivity contribution in [1.29, 1.82) is 0 Å². The van der Waals surface area contributed by atoms with Gasteiger partial charge in [0.15, 0.2) is 11.2 Å². The van der Waals surface area contributed by atoms with Crippen molar-refractivity contribution in [3.63, 3.8) is 0 Å². The molecule has 4 aromatic rings. The highest BCUT2D eigenvalue weighted by atomic mass is 16.5. The first-order valence-electron chi connectivity index (χ1n) is 9.38. The largest absolute Gasteiger partial charge is 0.491 e. The van der Waals surface area contributed by atoms with Crippen LogP contribution in [0.1, 0.15) is 19.9 Å². The average molecular weight is 387 g/mol. The maximum Gasteiger partial charge on any atom is 0.293 e. The summed E-state index contributed by atoms with van der Waals surface area (Å²) < 4.78 is 6.96. The summed E-state index contributed by atoms with van der Waals surface area (Å²) in [6, 6.07) is 14.7. The van der Waals surface area contributed by atoms with E-state index in [1.54, 1.807) is 23.0 Å². The molecule has 6 heteroatoms. The van der Waals surface area contributed by atoms with Gasteiger partial charge in [0.25, 0.3) is 5.56 Å². The number of rotatable bonds is 4. The number of benzene rings is 1. The van der Waals surface area contributed by atoms with E-state index in [-0.39, 0.29) is 22.8 Å². The van der Waals surface area contributed by atoms with E-state index < -0.39 is 0 Å². The van der Waals surface area contributed by atoms with Crippen LogP contribution in [0.3, 0.4) is 0 Å². The first kappa shape index (κ1) is 18.7. The molecule has 3 aromatic heterocycles. The van der Waals surface area contributed by atoms with Crippen LogP contribution in [0.2, 0.25) is 0 Å². The lowest BCUT2D eigenvalue weighted by Crippen LogP contribution is -2.22. The van der Waals surface area contributed by atoms with Gasteiger partial charge in [-0.15, -0.1) is 0 Å². The predicted octanol–water partition coefficient (Wildman–Crippen LogP) is 4.01. The van der Waals surface area contributed by atoms with Crippen LogP contribution >= 0.6 is 0 Å². The number of fused-ring (bicyclic) bond motifs is 1. The molecular formula is C23H21N3O3. The van der Waals surface area contributed by atoms with E-state index in [0.717, 1.165) is 22.4 Å². The fourth-order valence-electron chi connectivity index (χ4n) is 3.39. The number of nitrogens with zero attached hydrogens (tertiary/aromatic N) is 2. The van der Waals surface area contributed by atoms with Crippen LogP contribution in [0.15, 0.2) is 70.5 Å². The van der Waals surface area contributed by atoms with Crippen molar-refractivity contribution >= 4 is 11.0 Å². The summed E-state index contributed by atoms with van der Waals surface area (Å²) in [5, 5.41) is 0.489. The molecule has 6 nitrogen and oxygen atoms in total. The Morgan fingerprint density at radius 2 is 1.79 bits per heavy atom.